The van der Waals surface area contributed by atoms with E-state index in [1.807, 2.05) is 0 Å². The number of amides is 1. The molecule has 108 valence electrons. The van der Waals surface area contributed by atoms with E-state index in [9.17, 15) is 9.18 Å². The fraction of sp³-hybridized carbons (Fsp3) is 0.0714. The average Bonchev–Trinajstić information content (AvgIpc) is 2.48. The summed E-state index contributed by atoms with van der Waals surface area (Å²) in [5.41, 5.74) is 6.24. The number of carbonyl (C=O) groups is 1. The maximum absolute atomic E-state index is 13.3. The molecule has 7 heteroatoms. The van der Waals surface area contributed by atoms with E-state index in [0.29, 0.717) is 11.3 Å². The van der Waals surface area contributed by atoms with E-state index in [4.69, 9.17) is 22.7 Å². The van der Waals surface area contributed by atoms with Crippen molar-refractivity contribution in [1.82, 2.24) is 4.98 Å². The number of thiocarbonyl (C=S) groups is 1. The number of halogens is 1. The van der Waals surface area contributed by atoms with Crippen LogP contribution in [0.2, 0.25) is 0 Å². The number of aromatic nitrogens is 1. The largest absolute Gasteiger partial charge is 0.484 e. The van der Waals surface area contributed by atoms with Crippen molar-refractivity contribution in [2.75, 3.05) is 11.9 Å². The summed E-state index contributed by atoms with van der Waals surface area (Å²) >= 11 is 4.83. The van der Waals surface area contributed by atoms with Crippen LogP contribution in [-0.4, -0.2) is 22.5 Å². The quantitative estimate of drug-likeness (QED) is 0.825. The Bertz CT molecular complexity index is 662. The van der Waals surface area contributed by atoms with Crippen LogP contribution in [0.25, 0.3) is 0 Å². The molecule has 21 heavy (non-hydrogen) atoms. The highest BCUT2D eigenvalue weighted by Gasteiger charge is 2.07. The summed E-state index contributed by atoms with van der Waals surface area (Å²) in [6.07, 6.45) is 2.40. The van der Waals surface area contributed by atoms with E-state index in [1.165, 1.54) is 12.3 Å². The van der Waals surface area contributed by atoms with Gasteiger partial charge < -0.3 is 15.8 Å². The minimum absolute atomic E-state index is 0.0578. The topological polar surface area (TPSA) is 77.2 Å². The van der Waals surface area contributed by atoms with Gasteiger partial charge in [-0.15, -0.1) is 0 Å². The summed E-state index contributed by atoms with van der Waals surface area (Å²) in [6, 6.07) is 8.05. The minimum Gasteiger partial charge on any atom is -0.484 e. The number of pyridine rings is 1. The Morgan fingerprint density at radius 2 is 2.05 bits per heavy atom. The molecule has 1 aromatic carbocycles. The fourth-order valence-electron chi connectivity index (χ4n) is 1.53. The molecule has 2 aromatic rings. The molecule has 0 spiro atoms. The maximum atomic E-state index is 13.3. The Balaban J connectivity index is 1.89. The molecule has 0 unspecified atom stereocenters. The van der Waals surface area contributed by atoms with Crippen molar-refractivity contribution in [2.24, 2.45) is 5.73 Å². The first kappa shape index (κ1) is 14.9. The van der Waals surface area contributed by atoms with Gasteiger partial charge in [0.1, 0.15) is 10.7 Å². The van der Waals surface area contributed by atoms with Gasteiger partial charge in [-0.3, -0.25) is 9.78 Å². The molecule has 0 aliphatic rings. The number of hydrogen-bond donors (Lipinski definition) is 2. The van der Waals surface area contributed by atoms with Crippen LogP contribution in [0.4, 0.5) is 10.1 Å². The van der Waals surface area contributed by atoms with E-state index >= 15 is 0 Å². The molecular formula is C14H12FN3O2S. The van der Waals surface area contributed by atoms with Crippen molar-refractivity contribution >= 4 is 28.8 Å². The molecule has 1 heterocycles. The number of hydrogen-bond acceptors (Lipinski definition) is 4. The molecule has 0 aliphatic heterocycles. The highest BCUT2D eigenvalue weighted by atomic mass is 32.1. The summed E-state index contributed by atoms with van der Waals surface area (Å²) in [5.74, 6) is -0.592. The number of nitrogens with one attached hydrogen (secondary N) is 1. The van der Waals surface area contributed by atoms with Gasteiger partial charge in [-0.25, -0.2) is 4.39 Å². The van der Waals surface area contributed by atoms with Crippen LogP contribution in [0.3, 0.4) is 0 Å². The molecule has 3 N–H and O–H groups in total. The molecule has 1 aromatic heterocycles. The van der Waals surface area contributed by atoms with Gasteiger partial charge in [0, 0.05) is 11.8 Å². The minimum atomic E-state index is -0.605. The number of nitrogens with zero attached hydrogens (tertiary/aromatic N) is 1. The molecule has 2 rings (SSSR count). The van der Waals surface area contributed by atoms with Crippen LogP contribution in [0, 0.1) is 5.82 Å². The third kappa shape index (κ3) is 4.22. The lowest BCUT2D eigenvalue weighted by Crippen LogP contribution is -2.20. The first-order valence-electron chi connectivity index (χ1n) is 5.98. The number of rotatable bonds is 5. The summed E-state index contributed by atoms with van der Waals surface area (Å²) in [5, 5.41) is 2.39. The molecule has 1 amide bonds. The van der Waals surface area contributed by atoms with Crippen molar-refractivity contribution in [3.8, 4) is 5.75 Å². The monoisotopic (exact) mass is 305 g/mol. The van der Waals surface area contributed by atoms with Gasteiger partial charge in [0.25, 0.3) is 5.91 Å². The lowest BCUT2D eigenvalue weighted by Gasteiger charge is -2.08. The van der Waals surface area contributed by atoms with Gasteiger partial charge in [-0.2, -0.15) is 0 Å². The maximum Gasteiger partial charge on any atom is 0.262 e. The van der Waals surface area contributed by atoms with Gasteiger partial charge in [-0.1, -0.05) is 12.2 Å². The molecule has 0 fully saturated rings. The van der Waals surface area contributed by atoms with Crippen LogP contribution < -0.4 is 15.8 Å². The van der Waals surface area contributed by atoms with E-state index in [2.05, 4.69) is 10.3 Å². The van der Waals surface area contributed by atoms with Crippen molar-refractivity contribution in [3.05, 3.63) is 54.1 Å². The average molecular weight is 305 g/mol. The molecule has 5 nitrogen and oxygen atoms in total. The Kier molecular flexibility index (Phi) is 4.78. The third-order valence-corrected chi connectivity index (χ3v) is 2.79. The molecule has 0 radical (unpaired) electrons. The number of nitrogens with two attached hydrogens (primary N) is 1. The summed E-state index contributed by atoms with van der Waals surface area (Å²) in [7, 11) is 0. The lowest BCUT2D eigenvalue weighted by atomic mass is 10.2. The second-order valence-electron chi connectivity index (χ2n) is 4.08. The zero-order chi connectivity index (χ0) is 15.2. The summed E-state index contributed by atoms with van der Waals surface area (Å²) < 4.78 is 18.6. The second kappa shape index (κ2) is 6.76. The highest BCUT2D eigenvalue weighted by molar-refractivity contribution is 7.80. The van der Waals surface area contributed by atoms with Crippen LogP contribution in [0.1, 0.15) is 5.56 Å². The van der Waals surface area contributed by atoms with Crippen molar-refractivity contribution in [1.29, 1.82) is 0 Å². The van der Waals surface area contributed by atoms with Gasteiger partial charge >= 0.3 is 0 Å². The first-order valence-corrected chi connectivity index (χ1v) is 6.39. The molecule has 0 saturated heterocycles. The van der Waals surface area contributed by atoms with Crippen LogP contribution in [0.5, 0.6) is 5.75 Å². The normalized spacial score (nSPS) is 9.95. The van der Waals surface area contributed by atoms with Gasteiger partial charge in [0.15, 0.2) is 12.4 Å². The smallest absolute Gasteiger partial charge is 0.262 e. The Morgan fingerprint density at radius 1 is 1.33 bits per heavy atom. The molecule has 0 bridgehead atoms. The molecule has 0 saturated carbocycles. The predicted molar refractivity (Wildman–Crippen MR) is 80.6 cm³/mol. The van der Waals surface area contributed by atoms with Gasteiger partial charge in [-0.05, 0) is 30.3 Å². The van der Waals surface area contributed by atoms with E-state index in [0.717, 1.165) is 6.20 Å². The number of ether oxygens (including phenoxy) is 1. The zero-order valence-corrected chi connectivity index (χ0v) is 11.7. The Hall–Kier alpha value is -2.54. The Morgan fingerprint density at radius 3 is 2.67 bits per heavy atom. The molecule has 0 aliphatic carbocycles. The van der Waals surface area contributed by atoms with Crippen LogP contribution >= 0.6 is 12.2 Å². The SMILES string of the molecule is NC(=S)c1ccc(OCC(=O)Nc2ccncc2F)cc1. The van der Waals surface area contributed by atoms with Gasteiger partial charge in [0.2, 0.25) is 0 Å². The predicted octanol–water partition coefficient (Wildman–Crippen LogP) is 1.87. The van der Waals surface area contributed by atoms with E-state index in [1.54, 1.807) is 24.3 Å². The van der Waals surface area contributed by atoms with E-state index in [-0.39, 0.29) is 17.3 Å². The summed E-state index contributed by atoms with van der Waals surface area (Å²) in [4.78, 5) is 15.5. The van der Waals surface area contributed by atoms with E-state index < -0.39 is 11.7 Å². The standard InChI is InChI=1S/C14H12FN3O2S/c15-11-7-17-6-5-12(11)18-13(19)8-20-10-3-1-9(2-4-10)14(16)21/h1-7H,8H2,(H2,16,21)(H,17,18,19). The number of carbonyl (C=O) groups excluding carboxylic acids is 1. The Labute approximate surface area is 125 Å². The van der Waals surface area contributed by atoms with Crippen molar-refractivity contribution in [2.45, 2.75) is 0 Å². The van der Waals surface area contributed by atoms with Crippen LogP contribution in [-0.2, 0) is 4.79 Å². The number of anilines is 1. The second-order valence-corrected chi connectivity index (χ2v) is 4.52. The van der Waals surface area contributed by atoms with Crippen LogP contribution in [0.15, 0.2) is 42.7 Å². The van der Waals surface area contributed by atoms with Crippen molar-refractivity contribution in [3.63, 3.8) is 0 Å². The molecule has 0 atom stereocenters. The third-order valence-electron chi connectivity index (χ3n) is 2.56. The lowest BCUT2D eigenvalue weighted by molar-refractivity contribution is -0.118. The van der Waals surface area contributed by atoms with Gasteiger partial charge in [0.05, 0.1) is 11.9 Å². The highest BCUT2D eigenvalue weighted by Crippen LogP contribution is 2.13. The summed E-state index contributed by atoms with van der Waals surface area (Å²) in [6.45, 7) is -0.242. The zero-order valence-electron chi connectivity index (χ0n) is 10.9. The fourth-order valence-corrected chi connectivity index (χ4v) is 1.66. The number of benzene rings is 1. The molecular weight excluding hydrogens is 293 g/mol. The first-order chi connectivity index (χ1) is 10.1. The van der Waals surface area contributed by atoms with Crippen molar-refractivity contribution < 1.29 is 13.9 Å².